The lowest BCUT2D eigenvalue weighted by Gasteiger charge is -2.06. The van der Waals surface area contributed by atoms with Crippen molar-refractivity contribution in [3.8, 4) is 22.8 Å². The van der Waals surface area contributed by atoms with E-state index in [0.717, 1.165) is 17.0 Å². The summed E-state index contributed by atoms with van der Waals surface area (Å²) >= 11 is 0. The molecule has 3 aromatic rings. The van der Waals surface area contributed by atoms with E-state index in [-0.39, 0.29) is 12.4 Å². The number of nitrogens with zero attached hydrogens (tertiary/aromatic N) is 1. The van der Waals surface area contributed by atoms with Crippen molar-refractivity contribution in [1.29, 1.82) is 0 Å². The van der Waals surface area contributed by atoms with Crippen molar-refractivity contribution in [3.63, 3.8) is 0 Å². The van der Waals surface area contributed by atoms with Gasteiger partial charge in [-0.2, -0.15) is 0 Å². The molecule has 0 unspecified atom stereocenters. The average Bonchev–Trinajstić information content (AvgIpc) is 3.01. The Kier molecular flexibility index (Phi) is 2.72. The van der Waals surface area contributed by atoms with Crippen molar-refractivity contribution < 1.29 is 19.4 Å². The highest BCUT2D eigenvalue weighted by atomic mass is 16.7. The molecule has 2 heterocycles. The van der Waals surface area contributed by atoms with Gasteiger partial charge in [0.1, 0.15) is 0 Å². The van der Waals surface area contributed by atoms with E-state index in [1.54, 1.807) is 24.3 Å². The number of benzene rings is 2. The van der Waals surface area contributed by atoms with Crippen molar-refractivity contribution in [2.75, 3.05) is 6.79 Å². The van der Waals surface area contributed by atoms with Crippen LogP contribution >= 0.6 is 0 Å². The number of hydrogen-bond donors (Lipinski definition) is 1. The summed E-state index contributed by atoms with van der Waals surface area (Å²) in [5.74, 6) is 0.458. The number of pyridine rings is 1. The minimum absolute atomic E-state index is 0.228. The van der Waals surface area contributed by atoms with Crippen molar-refractivity contribution in [2.24, 2.45) is 0 Å². The van der Waals surface area contributed by atoms with E-state index in [0.29, 0.717) is 16.7 Å². The number of aromatic carboxylic acids is 1. The molecule has 0 atom stereocenters. The maximum Gasteiger partial charge on any atom is 0.336 e. The monoisotopic (exact) mass is 293 g/mol. The Morgan fingerprint density at radius 3 is 2.77 bits per heavy atom. The van der Waals surface area contributed by atoms with E-state index < -0.39 is 5.97 Å². The number of ether oxygens (including phenoxy) is 2. The minimum Gasteiger partial charge on any atom is -0.478 e. The van der Waals surface area contributed by atoms with E-state index in [2.05, 4.69) is 4.98 Å². The van der Waals surface area contributed by atoms with Crippen molar-refractivity contribution >= 4 is 16.9 Å². The molecule has 22 heavy (non-hydrogen) atoms. The van der Waals surface area contributed by atoms with Crippen LogP contribution in [0.4, 0.5) is 0 Å². The molecule has 4 rings (SSSR count). The Hall–Kier alpha value is -3.08. The van der Waals surface area contributed by atoms with Crippen LogP contribution in [-0.4, -0.2) is 22.9 Å². The second kappa shape index (κ2) is 4.73. The molecule has 5 nitrogen and oxygen atoms in total. The van der Waals surface area contributed by atoms with Crippen LogP contribution in [0.3, 0.4) is 0 Å². The zero-order valence-corrected chi connectivity index (χ0v) is 11.4. The largest absolute Gasteiger partial charge is 0.478 e. The Bertz CT molecular complexity index is 904. The van der Waals surface area contributed by atoms with Crippen LogP contribution in [0.2, 0.25) is 0 Å². The third-order valence-corrected chi connectivity index (χ3v) is 3.63. The van der Waals surface area contributed by atoms with Gasteiger partial charge in [0.2, 0.25) is 6.79 Å². The van der Waals surface area contributed by atoms with Crippen LogP contribution in [0.15, 0.2) is 48.5 Å². The molecule has 0 spiro atoms. The number of fused-ring (bicyclic) bond motifs is 2. The first-order valence-electron chi connectivity index (χ1n) is 6.75. The van der Waals surface area contributed by atoms with Gasteiger partial charge in [-0.05, 0) is 42.5 Å². The van der Waals surface area contributed by atoms with Gasteiger partial charge in [-0.15, -0.1) is 0 Å². The Labute approximate surface area is 125 Å². The molecule has 0 bridgehead atoms. The lowest BCUT2D eigenvalue weighted by atomic mass is 10.1. The molecule has 1 aromatic heterocycles. The zero-order valence-electron chi connectivity index (χ0n) is 11.4. The molecule has 1 N–H and O–H groups in total. The highest BCUT2D eigenvalue weighted by Gasteiger charge is 2.15. The number of carboxylic acid groups (broad SMARTS) is 1. The Morgan fingerprint density at radius 2 is 1.91 bits per heavy atom. The lowest BCUT2D eigenvalue weighted by molar-refractivity contribution is 0.0699. The first-order valence-corrected chi connectivity index (χ1v) is 6.75. The molecule has 0 saturated heterocycles. The van der Waals surface area contributed by atoms with Crippen LogP contribution in [0.1, 0.15) is 10.4 Å². The van der Waals surface area contributed by atoms with Gasteiger partial charge in [0, 0.05) is 10.9 Å². The maximum absolute atomic E-state index is 11.2. The second-order valence-electron chi connectivity index (χ2n) is 4.94. The van der Waals surface area contributed by atoms with Crippen molar-refractivity contribution in [2.45, 2.75) is 0 Å². The van der Waals surface area contributed by atoms with Gasteiger partial charge in [-0.25, -0.2) is 9.78 Å². The third-order valence-electron chi connectivity index (χ3n) is 3.63. The minimum atomic E-state index is -0.955. The summed E-state index contributed by atoms with van der Waals surface area (Å²) in [6.07, 6.45) is 0. The fourth-order valence-electron chi connectivity index (χ4n) is 2.56. The van der Waals surface area contributed by atoms with E-state index >= 15 is 0 Å². The summed E-state index contributed by atoms with van der Waals surface area (Å²) in [5.41, 5.74) is 2.55. The van der Waals surface area contributed by atoms with Crippen LogP contribution in [0.5, 0.6) is 11.5 Å². The number of carboxylic acids is 1. The summed E-state index contributed by atoms with van der Waals surface area (Å²) in [4.78, 5) is 15.8. The molecule has 1 aliphatic rings. The third kappa shape index (κ3) is 1.95. The van der Waals surface area contributed by atoms with Gasteiger partial charge < -0.3 is 14.6 Å². The standard InChI is InChI=1S/C17H11NO4/c19-17(20)12-2-1-3-14-11(12)5-6-13(18-14)10-4-7-15-16(8-10)22-9-21-15/h1-8H,9H2,(H,19,20). The number of rotatable bonds is 2. The molecule has 1 aliphatic heterocycles. The van der Waals surface area contributed by atoms with E-state index in [9.17, 15) is 9.90 Å². The average molecular weight is 293 g/mol. The van der Waals surface area contributed by atoms with Crippen LogP contribution in [0.25, 0.3) is 22.2 Å². The van der Waals surface area contributed by atoms with E-state index in [1.165, 1.54) is 0 Å². The summed E-state index contributed by atoms with van der Waals surface area (Å²) in [6.45, 7) is 0.228. The molecule has 5 heteroatoms. The molecule has 0 fully saturated rings. The van der Waals surface area contributed by atoms with Gasteiger partial charge >= 0.3 is 5.97 Å². The van der Waals surface area contributed by atoms with E-state index in [1.807, 2.05) is 24.3 Å². The summed E-state index contributed by atoms with van der Waals surface area (Å²) in [6, 6.07) is 14.3. The molecule has 2 aromatic carbocycles. The summed E-state index contributed by atoms with van der Waals surface area (Å²) < 4.78 is 10.7. The van der Waals surface area contributed by atoms with Crippen LogP contribution < -0.4 is 9.47 Å². The zero-order chi connectivity index (χ0) is 15.1. The second-order valence-corrected chi connectivity index (χ2v) is 4.94. The topological polar surface area (TPSA) is 68.7 Å². The quantitative estimate of drug-likeness (QED) is 0.785. The molecular formula is C17H11NO4. The van der Waals surface area contributed by atoms with Gasteiger partial charge in [0.25, 0.3) is 0 Å². The Balaban J connectivity index is 1.85. The van der Waals surface area contributed by atoms with Crippen molar-refractivity contribution in [3.05, 3.63) is 54.1 Å². The van der Waals surface area contributed by atoms with Gasteiger partial charge in [-0.1, -0.05) is 6.07 Å². The molecule has 0 aliphatic carbocycles. The number of aromatic nitrogens is 1. The predicted molar refractivity (Wildman–Crippen MR) is 80.3 cm³/mol. The molecule has 0 radical (unpaired) electrons. The highest BCUT2D eigenvalue weighted by Crippen LogP contribution is 2.35. The highest BCUT2D eigenvalue weighted by molar-refractivity contribution is 6.02. The van der Waals surface area contributed by atoms with Crippen LogP contribution in [0, 0.1) is 0 Å². The fraction of sp³-hybridized carbons (Fsp3) is 0.0588. The van der Waals surface area contributed by atoms with Crippen molar-refractivity contribution in [1.82, 2.24) is 4.98 Å². The normalized spacial score (nSPS) is 12.5. The number of hydrogen-bond acceptors (Lipinski definition) is 4. The predicted octanol–water partition coefficient (Wildman–Crippen LogP) is 3.33. The molecule has 0 saturated carbocycles. The summed E-state index contributed by atoms with van der Waals surface area (Å²) in [5, 5.41) is 9.84. The summed E-state index contributed by atoms with van der Waals surface area (Å²) in [7, 11) is 0. The van der Waals surface area contributed by atoms with Crippen LogP contribution in [-0.2, 0) is 0 Å². The first-order chi connectivity index (χ1) is 10.7. The molecular weight excluding hydrogens is 282 g/mol. The van der Waals surface area contributed by atoms with E-state index in [4.69, 9.17) is 9.47 Å². The van der Waals surface area contributed by atoms with Gasteiger partial charge in [-0.3, -0.25) is 0 Å². The Morgan fingerprint density at radius 1 is 1.05 bits per heavy atom. The van der Waals surface area contributed by atoms with Gasteiger partial charge in [0.15, 0.2) is 11.5 Å². The number of carbonyl (C=O) groups is 1. The lowest BCUT2D eigenvalue weighted by Crippen LogP contribution is -1.98. The molecule has 0 amide bonds. The fourth-order valence-corrected chi connectivity index (χ4v) is 2.56. The SMILES string of the molecule is O=C(O)c1cccc2nc(-c3ccc4c(c3)OCO4)ccc12. The smallest absolute Gasteiger partial charge is 0.336 e. The maximum atomic E-state index is 11.2. The first kappa shape index (κ1) is 12.6. The van der Waals surface area contributed by atoms with Gasteiger partial charge in [0.05, 0.1) is 16.8 Å². The molecule has 108 valence electrons.